The van der Waals surface area contributed by atoms with E-state index in [1.54, 1.807) is 24.8 Å². The largest absolute Gasteiger partial charge is 0.376 e. The zero-order valence-corrected chi connectivity index (χ0v) is 11.9. The minimum Gasteiger partial charge on any atom is -0.376 e. The lowest BCUT2D eigenvalue weighted by atomic mass is 10.2. The molecule has 6 nitrogen and oxygen atoms in total. The molecule has 0 aromatic carbocycles. The average molecular weight is 280 g/mol. The first-order chi connectivity index (χ1) is 10.2. The number of pyridine rings is 1. The standard InChI is InChI=1S/C15H16N6/c1-11(14-10-16-5-6-18-14)20-13-3-4-15(19-9-13)21-8-7-17-12(21)2/h3-11,20H,1-2H3. The highest BCUT2D eigenvalue weighted by Crippen LogP contribution is 2.17. The fourth-order valence-electron chi connectivity index (χ4n) is 2.09. The summed E-state index contributed by atoms with van der Waals surface area (Å²) in [6.45, 7) is 3.99. The van der Waals surface area contributed by atoms with Crippen LogP contribution in [-0.4, -0.2) is 24.5 Å². The summed E-state index contributed by atoms with van der Waals surface area (Å²) in [5.41, 5.74) is 1.83. The molecule has 0 saturated carbocycles. The molecule has 3 rings (SSSR count). The van der Waals surface area contributed by atoms with Crippen LogP contribution in [0, 0.1) is 6.92 Å². The molecule has 1 atom stereocenters. The summed E-state index contributed by atoms with van der Waals surface area (Å²) in [5.74, 6) is 1.76. The van der Waals surface area contributed by atoms with Gasteiger partial charge in [-0.25, -0.2) is 9.97 Å². The van der Waals surface area contributed by atoms with Crippen molar-refractivity contribution in [2.75, 3.05) is 5.32 Å². The van der Waals surface area contributed by atoms with Gasteiger partial charge in [0.15, 0.2) is 0 Å². The molecule has 0 bridgehead atoms. The molecule has 106 valence electrons. The zero-order chi connectivity index (χ0) is 14.7. The van der Waals surface area contributed by atoms with Crippen LogP contribution in [0.25, 0.3) is 5.82 Å². The van der Waals surface area contributed by atoms with E-state index in [-0.39, 0.29) is 6.04 Å². The number of aromatic nitrogens is 5. The summed E-state index contributed by atoms with van der Waals surface area (Å²) in [4.78, 5) is 17.0. The Morgan fingerprint density at radius 1 is 1.05 bits per heavy atom. The molecule has 3 heterocycles. The summed E-state index contributed by atoms with van der Waals surface area (Å²) >= 11 is 0. The summed E-state index contributed by atoms with van der Waals surface area (Å²) in [7, 11) is 0. The molecule has 1 unspecified atom stereocenters. The van der Waals surface area contributed by atoms with E-state index in [9.17, 15) is 0 Å². The van der Waals surface area contributed by atoms with Crippen molar-refractivity contribution in [3.05, 3.63) is 60.8 Å². The van der Waals surface area contributed by atoms with Gasteiger partial charge in [0, 0.05) is 24.8 Å². The normalized spacial score (nSPS) is 12.1. The van der Waals surface area contributed by atoms with Gasteiger partial charge >= 0.3 is 0 Å². The number of hydrogen-bond donors (Lipinski definition) is 1. The number of hydrogen-bond acceptors (Lipinski definition) is 5. The number of anilines is 1. The Morgan fingerprint density at radius 2 is 1.95 bits per heavy atom. The minimum atomic E-state index is 0.0707. The maximum Gasteiger partial charge on any atom is 0.138 e. The molecule has 0 aliphatic heterocycles. The fraction of sp³-hybridized carbons (Fsp3) is 0.200. The Kier molecular flexibility index (Phi) is 3.59. The SMILES string of the molecule is Cc1nccn1-c1ccc(NC(C)c2cnccn2)cn1. The Morgan fingerprint density at radius 3 is 2.57 bits per heavy atom. The van der Waals surface area contributed by atoms with Crippen molar-refractivity contribution in [3.63, 3.8) is 0 Å². The van der Waals surface area contributed by atoms with Gasteiger partial charge in [-0.2, -0.15) is 0 Å². The molecular formula is C15H16N6. The van der Waals surface area contributed by atoms with Crippen LogP contribution in [0.3, 0.4) is 0 Å². The molecule has 0 saturated heterocycles. The van der Waals surface area contributed by atoms with E-state index in [0.29, 0.717) is 0 Å². The van der Waals surface area contributed by atoms with Gasteiger partial charge in [0.2, 0.25) is 0 Å². The van der Waals surface area contributed by atoms with Gasteiger partial charge in [-0.15, -0.1) is 0 Å². The van der Waals surface area contributed by atoms with Crippen LogP contribution in [0.15, 0.2) is 49.3 Å². The first-order valence-corrected chi connectivity index (χ1v) is 6.73. The molecule has 3 aromatic rings. The summed E-state index contributed by atoms with van der Waals surface area (Å²) in [5, 5.41) is 3.36. The predicted octanol–water partition coefficient (Wildman–Crippen LogP) is 2.54. The Hall–Kier alpha value is -2.76. The van der Waals surface area contributed by atoms with Crippen molar-refractivity contribution in [1.82, 2.24) is 24.5 Å². The van der Waals surface area contributed by atoms with Crippen molar-refractivity contribution in [1.29, 1.82) is 0 Å². The van der Waals surface area contributed by atoms with Crippen LogP contribution < -0.4 is 5.32 Å². The monoisotopic (exact) mass is 280 g/mol. The average Bonchev–Trinajstić information content (AvgIpc) is 2.95. The Labute approximate surface area is 122 Å². The highest BCUT2D eigenvalue weighted by atomic mass is 15.1. The molecule has 0 radical (unpaired) electrons. The third-order valence-corrected chi connectivity index (χ3v) is 3.23. The summed E-state index contributed by atoms with van der Waals surface area (Å²) < 4.78 is 1.94. The van der Waals surface area contributed by atoms with E-state index in [4.69, 9.17) is 0 Å². The fourth-order valence-corrected chi connectivity index (χ4v) is 2.09. The van der Waals surface area contributed by atoms with Crippen LogP contribution in [0.2, 0.25) is 0 Å². The molecular weight excluding hydrogens is 264 g/mol. The van der Waals surface area contributed by atoms with E-state index < -0.39 is 0 Å². The lowest BCUT2D eigenvalue weighted by molar-refractivity contribution is 0.825. The lowest BCUT2D eigenvalue weighted by Crippen LogP contribution is -2.09. The number of nitrogens with zero attached hydrogens (tertiary/aromatic N) is 5. The van der Waals surface area contributed by atoms with Gasteiger partial charge in [0.25, 0.3) is 0 Å². The molecule has 1 N–H and O–H groups in total. The second-order valence-corrected chi connectivity index (χ2v) is 4.75. The minimum absolute atomic E-state index is 0.0707. The van der Waals surface area contributed by atoms with E-state index >= 15 is 0 Å². The van der Waals surface area contributed by atoms with Gasteiger partial charge in [0.1, 0.15) is 11.6 Å². The number of imidazole rings is 1. The third kappa shape index (κ3) is 2.89. The van der Waals surface area contributed by atoms with Crippen molar-refractivity contribution in [2.24, 2.45) is 0 Å². The number of rotatable bonds is 4. The maximum absolute atomic E-state index is 4.45. The highest BCUT2D eigenvalue weighted by Gasteiger charge is 2.07. The topological polar surface area (TPSA) is 68.5 Å². The van der Waals surface area contributed by atoms with E-state index in [1.807, 2.05) is 42.9 Å². The van der Waals surface area contributed by atoms with Crippen LogP contribution in [-0.2, 0) is 0 Å². The van der Waals surface area contributed by atoms with Crippen LogP contribution in [0.5, 0.6) is 0 Å². The van der Waals surface area contributed by atoms with Crippen molar-refractivity contribution < 1.29 is 0 Å². The second-order valence-electron chi connectivity index (χ2n) is 4.75. The summed E-state index contributed by atoms with van der Waals surface area (Å²) in [6, 6.07) is 4.02. The molecule has 0 amide bonds. The van der Waals surface area contributed by atoms with Gasteiger partial charge in [0.05, 0.1) is 29.8 Å². The third-order valence-electron chi connectivity index (χ3n) is 3.23. The molecule has 0 aliphatic rings. The van der Waals surface area contributed by atoms with Gasteiger partial charge < -0.3 is 5.32 Å². The zero-order valence-electron chi connectivity index (χ0n) is 11.9. The molecule has 0 fully saturated rings. The molecule has 21 heavy (non-hydrogen) atoms. The van der Waals surface area contributed by atoms with Crippen molar-refractivity contribution in [2.45, 2.75) is 19.9 Å². The van der Waals surface area contributed by atoms with Crippen LogP contribution in [0.4, 0.5) is 5.69 Å². The second kappa shape index (κ2) is 5.70. The van der Waals surface area contributed by atoms with Crippen LogP contribution >= 0.6 is 0 Å². The van der Waals surface area contributed by atoms with Gasteiger partial charge in [-0.1, -0.05) is 0 Å². The molecule has 6 heteroatoms. The first kappa shape index (κ1) is 13.2. The highest BCUT2D eigenvalue weighted by molar-refractivity contribution is 5.45. The lowest BCUT2D eigenvalue weighted by Gasteiger charge is -2.14. The van der Waals surface area contributed by atoms with E-state index in [0.717, 1.165) is 23.0 Å². The molecule has 3 aromatic heterocycles. The number of nitrogens with one attached hydrogen (secondary N) is 1. The smallest absolute Gasteiger partial charge is 0.138 e. The molecule has 0 aliphatic carbocycles. The maximum atomic E-state index is 4.45. The van der Waals surface area contributed by atoms with E-state index in [1.165, 1.54) is 0 Å². The first-order valence-electron chi connectivity index (χ1n) is 6.73. The Balaban J connectivity index is 1.75. The molecule has 0 spiro atoms. The van der Waals surface area contributed by atoms with Gasteiger partial charge in [-0.05, 0) is 26.0 Å². The van der Waals surface area contributed by atoms with Crippen molar-refractivity contribution >= 4 is 5.69 Å². The predicted molar refractivity (Wildman–Crippen MR) is 80.2 cm³/mol. The van der Waals surface area contributed by atoms with Crippen LogP contribution in [0.1, 0.15) is 24.5 Å². The number of aryl methyl sites for hydroxylation is 1. The van der Waals surface area contributed by atoms with Crippen molar-refractivity contribution in [3.8, 4) is 5.82 Å². The quantitative estimate of drug-likeness (QED) is 0.795. The van der Waals surface area contributed by atoms with Gasteiger partial charge in [-0.3, -0.25) is 14.5 Å². The van der Waals surface area contributed by atoms with E-state index in [2.05, 4.69) is 25.3 Å². The summed E-state index contributed by atoms with van der Waals surface area (Å²) in [6.07, 6.45) is 10.6. The Bertz CT molecular complexity index is 705.